The van der Waals surface area contributed by atoms with E-state index in [2.05, 4.69) is 0 Å². The zero-order valence-electron chi connectivity index (χ0n) is 7.80. The van der Waals surface area contributed by atoms with E-state index in [9.17, 15) is 4.79 Å². The van der Waals surface area contributed by atoms with Gasteiger partial charge in [-0.05, 0) is 11.6 Å². The Morgan fingerprint density at radius 3 is 2.71 bits per heavy atom. The van der Waals surface area contributed by atoms with E-state index in [0.717, 1.165) is 0 Å². The van der Waals surface area contributed by atoms with Gasteiger partial charge in [-0.2, -0.15) is 0 Å². The predicted octanol–water partition coefficient (Wildman–Crippen LogP) is 0.683. The number of methoxy groups -OCH3 is 1. The highest BCUT2D eigenvalue weighted by Gasteiger charge is 2.15. The molecule has 1 atom stereocenters. The number of hydrogen-bond acceptors (Lipinski definition) is 3. The van der Waals surface area contributed by atoms with Crippen LogP contribution in [0.1, 0.15) is 5.56 Å². The summed E-state index contributed by atoms with van der Waals surface area (Å²) < 4.78 is 5.02. The second-order valence-electron chi connectivity index (χ2n) is 2.87. The van der Waals surface area contributed by atoms with E-state index in [1.54, 1.807) is 24.3 Å². The molecule has 0 radical (unpaired) electrons. The van der Waals surface area contributed by atoms with Crippen LogP contribution in [0.3, 0.4) is 0 Å². The minimum Gasteiger partial charge on any atom is -0.496 e. The van der Waals surface area contributed by atoms with Crippen molar-refractivity contribution in [1.82, 2.24) is 0 Å². The Hall–Kier alpha value is -1.55. The highest BCUT2D eigenvalue weighted by Crippen LogP contribution is 2.18. The summed E-state index contributed by atoms with van der Waals surface area (Å²) in [5, 5.41) is 17.7. The molecular weight excluding hydrogens is 184 g/mol. The summed E-state index contributed by atoms with van der Waals surface area (Å²) in [6, 6.07) is 7.01. The van der Waals surface area contributed by atoms with Gasteiger partial charge in [0.05, 0.1) is 7.11 Å². The van der Waals surface area contributed by atoms with Gasteiger partial charge in [0.15, 0.2) is 6.10 Å². The third-order valence-corrected chi connectivity index (χ3v) is 1.89. The Morgan fingerprint density at radius 1 is 1.50 bits per heavy atom. The van der Waals surface area contributed by atoms with Crippen molar-refractivity contribution < 1.29 is 19.7 Å². The second kappa shape index (κ2) is 4.62. The second-order valence-corrected chi connectivity index (χ2v) is 2.87. The van der Waals surface area contributed by atoms with Gasteiger partial charge in [-0.1, -0.05) is 18.2 Å². The molecule has 0 amide bonds. The maximum atomic E-state index is 10.4. The molecule has 1 aromatic rings. The van der Waals surface area contributed by atoms with Crippen LogP contribution in [0.15, 0.2) is 24.3 Å². The van der Waals surface area contributed by atoms with E-state index in [1.165, 1.54) is 7.11 Å². The van der Waals surface area contributed by atoms with Crippen molar-refractivity contribution >= 4 is 5.97 Å². The fraction of sp³-hybridized carbons (Fsp3) is 0.300. The smallest absolute Gasteiger partial charge is 0.332 e. The number of carboxylic acid groups (broad SMARTS) is 1. The van der Waals surface area contributed by atoms with Crippen molar-refractivity contribution in [3.8, 4) is 5.75 Å². The maximum absolute atomic E-state index is 10.4. The number of carboxylic acids is 1. The monoisotopic (exact) mass is 196 g/mol. The average molecular weight is 196 g/mol. The molecule has 0 aliphatic carbocycles. The van der Waals surface area contributed by atoms with Crippen LogP contribution in [0, 0.1) is 0 Å². The first-order chi connectivity index (χ1) is 6.65. The molecule has 0 saturated heterocycles. The average Bonchev–Trinajstić information content (AvgIpc) is 2.18. The predicted molar refractivity (Wildman–Crippen MR) is 50.3 cm³/mol. The minimum atomic E-state index is -1.38. The molecule has 76 valence electrons. The van der Waals surface area contributed by atoms with Crippen LogP contribution in [-0.2, 0) is 11.2 Å². The third kappa shape index (κ3) is 2.47. The highest BCUT2D eigenvalue weighted by atomic mass is 16.5. The number of aliphatic hydroxyl groups is 1. The third-order valence-electron chi connectivity index (χ3n) is 1.89. The van der Waals surface area contributed by atoms with Gasteiger partial charge >= 0.3 is 5.97 Å². The quantitative estimate of drug-likeness (QED) is 0.743. The highest BCUT2D eigenvalue weighted by molar-refractivity contribution is 5.72. The van der Waals surface area contributed by atoms with Crippen LogP contribution in [0.5, 0.6) is 5.75 Å². The SMILES string of the molecule is COc1ccccc1C[C@@H](O)C(=O)O. The summed E-state index contributed by atoms with van der Waals surface area (Å²) in [6.07, 6.45) is -1.33. The zero-order chi connectivity index (χ0) is 10.6. The maximum Gasteiger partial charge on any atom is 0.332 e. The van der Waals surface area contributed by atoms with Gasteiger partial charge in [-0.25, -0.2) is 4.79 Å². The van der Waals surface area contributed by atoms with Crippen LogP contribution >= 0.6 is 0 Å². The standard InChI is InChI=1S/C10H12O4/c1-14-9-5-3-2-4-7(9)6-8(11)10(12)13/h2-5,8,11H,6H2,1H3,(H,12,13)/t8-/m1/s1. The number of carbonyl (C=O) groups is 1. The molecule has 0 heterocycles. The fourth-order valence-corrected chi connectivity index (χ4v) is 1.17. The molecule has 14 heavy (non-hydrogen) atoms. The van der Waals surface area contributed by atoms with Crippen LogP contribution in [0.25, 0.3) is 0 Å². The molecule has 1 aromatic carbocycles. The lowest BCUT2D eigenvalue weighted by Gasteiger charge is -2.09. The molecule has 2 N–H and O–H groups in total. The molecule has 0 aliphatic heterocycles. The summed E-state index contributed by atoms with van der Waals surface area (Å²) in [7, 11) is 1.51. The molecule has 4 nitrogen and oxygen atoms in total. The van der Waals surface area contributed by atoms with E-state index in [4.69, 9.17) is 14.9 Å². The van der Waals surface area contributed by atoms with E-state index < -0.39 is 12.1 Å². The van der Waals surface area contributed by atoms with Crippen molar-refractivity contribution in [1.29, 1.82) is 0 Å². The van der Waals surface area contributed by atoms with E-state index in [-0.39, 0.29) is 6.42 Å². The number of aliphatic hydroxyl groups excluding tert-OH is 1. The molecule has 4 heteroatoms. The number of benzene rings is 1. The van der Waals surface area contributed by atoms with Crippen molar-refractivity contribution in [3.05, 3.63) is 29.8 Å². The Kier molecular flexibility index (Phi) is 3.48. The normalized spacial score (nSPS) is 12.1. The van der Waals surface area contributed by atoms with Crippen molar-refractivity contribution in [2.75, 3.05) is 7.11 Å². The molecule has 1 rings (SSSR count). The first-order valence-electron chi connectivity index (χ1n) is 4.18. The summed E-state index contributed by atoms with van der Waals surface area (Å²) in [5.41, 5.74) is 0.685. The van der Waals surface area contributed by atoms with Gasteiger partial charge < -0.3 is 14.9 Å². The molecule has 0 aliphatic rings. The lowest BCUT2D eigenvalue weighted by molar-refractivity contribution is -0.146. The Labute approximate surface area is 81.8 Å². The van der Waals surface area contributed by atoms with Gasteiger partial charge in [0.1, 0.15) is 5.75 Å². The molecule has 0 saturated carbocycles. The van der Waals surface area contributed by atoms with Crippen molar-refractivity contribution in [2.45, 2.75) is 12.5 Å². The number of aliphatic carboxylic acids is 1. The van der Waals surface area contributed by atoms with Crippen LogP contribution in [0.2, 0.25) is 0 Å². The van der Waals surface area contributed by atoms with Crippen LogP contribution in [-0.4, -0.2) is 29.4 Å². The molecule has 0 aromatic heterocycles. The largest absolute Gasteiger partial charge is 0.496 e. The first-order valence-corrected chi connectivity index (χ1v) is 4.18. The number of ether oxygens (including phenoxy) is 1. The molecule has 0 unspecified atom stereocenters. The summed E-state index contributed by atoms with van der Waals surface area (Å²) in [6.45, 7) is 0. The van der Waals surface area contributed by atoms with Gasteiger partial charge in [0, 0.05) is 6.42 Å². The van der Waals surface area contributed by atoms with Crippen LogP contribution < -0.4 is 4.74 Å². The summed E-state index contributed by atoms with van der Waals surface area (Å²) in [4.78, 5) is 10.4. The van der Waals surface area contributed by atoms with Crippen LogP contribution in [0.4, 0.5) is 0 Å². The molecule has 0 fully saturated rings. The minimum absolute atomic E-state index is 0.0549. The van der Waals surface area contributed by atoms with Gasteiger partial charge in [0.2, 0.25) is 0 Å². The van der Waals surface area contributed by atoms with Gasteiger partial charge in [-0.3, -0.25) is 0 Å². The summed E-state index contributed by atoms with van der Waals surface area (Å²) in [5.74, 6) is -0.635. The zero-order valence-corrected chi connectivity index (χ0v) is 7.80. The molecule has 0 bridgehead atoms. The van der Waals surface area contributed by atoms with E-state index in [0.29, 0.717) is 11.3 Å². The topological polar surface area (TPSA) is 66.8 Å². The molecular formula is C10H12O4. The Balaban J connectivity index is 2.80. The van der Waals surface area contributed by atoms with Crippen molar-refractivity contribution in [2.24, 2.45) is 0 Å². The lowest BCUT2D eigenvalue weighted by Crippen LogP contribution is -2.22. The number of rotatable bonds is 4. The fourth-order valence-electron chi connectivity index (χ4n) is 1.17. The summed E-state index contributed by atoms with van der Waals surface area (Å²) >= 11 is 0. The van der Waals surface area contributed by atoms with E-state index in [1.807, 2.05) is 0 Å². The number of hydrogen-bond donors (Lipinski definition) is 2. The van der Waals surface area contributed by atoms with Gasteiger partial charge in [0.25, 0.3) is 0 Å². The number of para-hydroxylation sites is 1. The van der Waals surface area contributed by atoms with E-state index >= 15 is 0 Å². The lowest BCUT2D eigenvalue weighted by atomic mass is 10.1. The Morgan fingerprint density at radius 2 is 2.14 bits per heavy atom. The first kappa shape index (κ1) is 10.5. The van der Waals surface area contributed by atoms with Gasteiger partial charge in [-0.15, -0.1) is 0 Å². The Bertz CT molecular complexity index is 322. The molecule has 0 spiro atoms. The van der Waals surface area contributed by atoms with Crippen molar-refractivity contribution in [3.63, 3.8) is 0 Å².